The highest BCUT2D eigenvalue weighted by atomic mass is 35.5. The fourth-order valence-corrected chi connectivity index (χ4v) is 2.32. The molecule has 1 aliphatic rings. The van der Waals surface area contributed by atoms with E-state index >= 15 is 0 Å². The van der Waals surface area contributed by atoms with E-state index in [9.17, 15) is 4.79 Å². The first-order valence-corrected chi connectivity index (χ1v) is 6.35. The molecule has 1 aliphatic heterocycles. The van der Waals surface area contributed by atoms with Crippen LogP contribution in [0.5, 0.6) is 0 Å². The van der Waals surface area contributed by atoms with Gasteiger partial charge in [-0.3, -0.25) is 0 Å². The fourth-order valence-electron chi connectivity index (χ4n) is 2.14. The predicted octanol–water partition coefficient (Wildman–Crippen LogP) is 3.93. The van der Waals surface area contributed by atoms with Gasteiger partial charge in [-0.2, -0.15) is 0 Å². The molecule has 96 valence electrons. The maximum Gasteiger partial charge on any atom is 0.340 e. The van der Waals surface area contributed by atoms with Gasteiger partial charge in [0.1, 0.15) is 0 Å². The minimum atomic E-state index is -0.458. The number of hydrogen-bond acceptors (Lipinski definition) is 3. The molecule has 0 amide bonds. The number of ether oxygens (including phenoxy) is 1. The molecule has 0 aliphatic carbocycles. The quantitative estimate of drug-likeness (QED) is 0.843. The first-order chi connectivity index (χ1) is 9.15. The Balaban J connectivity index is 1.93. The highest BCUT2D eigenvalue weighted by Gasteiger charge is 2.30. The van der Waals surface area contributed by atoms with Crippen LogP contribution in [0.25, 0.3) is 0 Å². The van der Waals surface area contributed by atoms with Crippen LogP contribution < -0.4 is 5.32 Å². The van der Waals surface area contributed by atoms with Crippen LogP contribution >= 0.6 is 11.6 Å². The van der Waals surface area contributed by atoms with Gasteiger partial charge in [-0.15, -0.1) is 0 Å². The molecule has 0 bridgehead atoms. The van der Waals surface area contributed by atoms with Crippen LogP contribution in [-0.2, 0) is 4.74 Å². The number of halogens is 1. The van der Waals surface area contributed by atoms with Crippen molar-refractivity contribution in [3.05, 3.63) is 64.2 Å². The molecule has 0 unspecified atom stereocenters. The second kappa shape index (κ2) is 4.59. The number of esters is 1. The van der Waals surface area contributed by atoms with Crippen LogP contribution in [0.3, 0.4) is 0 Å². The number of anilines is 1. The van der Waals surface area contributed by atoms with Gasteiger partial charge in [0.15, 0.2) is 0 Å². The number of aryl methyl sites for hydroxylation is 1. The lowest BCUT2D eigenvalue weighted by molar-refractivity contribution is 0.0437. The Morgan fingerprint density at radius 2 is 2.00 bits per heavy atom. The van der Waals surface area contributed by atoms with Crippen molar-refractivity contribution in [2.45, 2.75) is 13.2 Å². The molecule has 4 heteroatoms. The third-order valence-electron chi connectivity index (χ3n) is 3.17. The maximum atomic E-state index is 11.7. The lowest BCUT2D eigenvalue weighted by atomic mass is 10.1. The molecule has 1 heterocycles. The highest BCUT2D eigenvalue weighted by molar-refractivity contribution is 6.30. The summed E-state index contributed by atoms with van der Waals surface area (Å²) in [4.78, 5) is 11.7. The number of fused-ring (bicyclic) bond motifs is 1. The van der Waals surface area contributed by atoms with E-state index in [4.69, 9.17) is 16.3 Å². The molecule has 0 spiro atoms. The third-order valence-corrected chi connectivity index (χ3v) is 3.41. The van der Waals surface area contributed by atoms with E-state index in [-0.39, 0.29) is 5.97 Å². The molecule has 3 nitrogen and oxygen atoms in total. The summed E-state index contributed by atoms with van der Waals surface area (Å²) in [5, 5.41) is 3.85. The zero-order chi connectivity index (χ0) is 13.4. The Labute approximate surface area is 116 Å². The average Bonchev–Trinajstić information content (AvgIpc) is 2.72. The van der Waals surface area contributed by atoms with Gasteiger partial charge in [0, 0.05) is 16.3 Å². The number of carbonyl (C=O) groups is 1. The summed E-state index contributed by atoms with van der Waals surface area (Å²) in [6, 6.07) is 12.9. The Morgan fingerprint density at radius 3 is 2.84 bits per heavy atom. The van der Waals surface area contributed by atoms with Gasteiger partial charge >= 0.3 is 5.97 Å². The third kappa shape index (κ3) is 2.17. The zero-order valence-electron chi connectivity index (χ0n) is 10.3. The summed E-state index contributed by atoms with van der Waals surface area (Å²) in [5.41, 5.74) is 3.37. The van der Waals surface area contributed by atoms with Crippen molar-refractivity contribution in [2.24, 2.45) is 0 Å². The number of rotatable bonds is 2. The van der Waals surface area contributed by atoms with E-state index in [1.54, 1.807) is 6.07 Å². The molecule has 0 saturated carbocycles. The van der Waals surface area contributed by atoms with E-state index < -0.39 is 6.23 Å². The van der Waals surface area contributed by atoms with Gasteiger partial charge in [-0.1, -0.05) is 35.9 Å². The normalized spacial score (nSPS) is 16.9. The van der Waals surface area contributed by atoms with Crippen molar-refractivity contribution in [2.75, 3.05) is 5.32 Å². The van der Waals surface area contributed by atoms with Crippen LogP contribution in [-0.4, -0.2) is 5.97 Å². The van der Waals surface area contributed by atoms with Crippen molar-refractivity contribution in [3.63, 3.8) is 0 Å². The Morgan fingerprint density at radius 1 is 1.21 bits per heavy atom. The van der Waals surface area contributed by atoms with Gasteiger partial charge in [0.2, 0.25) is 6.23 Å². The Kier molecular flexibility index (Phi) is 2.91. The molecular formula is C15H12ClNO2. The van der Waals surface area contributed by atoms with E-state index in [0.29, 0.717) is 10.6 Å². The van der Waals surface area contributed by atoms with Crippen LogP contribution in [0.4, 0.5) is 5.69 Å². The number of carbonyl (C=O) groups excluding carboxylic acids is 1. The molecule has 0 radical (unpaired) electrons. The predicted molar refractivity (Wildman–Crippen MR) is 74.4 cm³/mol. The second-order valence-electron chi connectivity index (χ2n) is 4.48. The lowest BCUT2D eigenvalue weighted by Gasteiger charge is -2.16. The molecule has 2 aromatic rings. The summed E-state index contributed by atoms with van der Waals surface area (Å²) in [5.74, 6) is -0.298. The molecule has 0 fully saturated rings. The molecule has 19 heavy (non-hydrogen) atoms. The smallest absolute Gasteiger partial charge is 0.340 e. The standard InChI is InChI=1S/C15H12ClNO2/c1-9-6-7-10(16)8-13(9)17-14-11-4-2-3-5-12(11)15(18)19-14/h2-8,14,17H,1H3/t14-/m0/s1. The second-order valence-corrected chi connectivity index (χ2v) is 4.91. The summed E-state index contributed by atoms with van der Waals surface area (Å²) in [6.07, 6.45) is -0.458. The van der Waals surface area contributed by atoms with Gasteiger partial charge < -0.3 is 10.1 Å². The van der Waals surface area contributed by atoms with Crippen molar-refractivity contribution in [1.29, 1.82) is 0 Å². The van der Waals surface area contributed by atoms with E-state index in [1.807, 2.05) is 43.3 Å². The van der Waals surface area contributed by atoms with Crippen LogP contribution in [0, 0.1) is 6.92 Å². The van der Waals surface area contributed by atoms with Crippen molar-refractivity contribution >= 4 is 23.3 Å². The monoisotopic (exact) mass is 273 g/mol. The molecule has 0 saturated heterocycles. The van der Waals surface area contributed by atoms with Gasteiger partial charge in [-0.25, -0.2) is 4.79 Å². The summed E-state index contributed by atoms with van der Waals surface area (Å²) in [6.45, 7) is 1.97. The summed E-state index contributed by atoms with van der Waals surface area (Å²) >= 11 is 5.98. The fraction of sp³-hybridized carbons (Fsp3) is 0.133. The van der Waals surface area contributed by atoms with E-state index in [0.717, 1.165) is 16.8 Å². The zero-order valence-corrected chi connectivity index (χ0v) is 11.1. The number of nitrogens with one attached hydrogen (secondary N) is 1. The minimum Gasteiger partial charge on any atom is -0.434 e. The maximum absolute atomic E-state index is 11.7. The average molecular weight is 274 g/mol. The van der Waals surface area contributed by atoms with E-state index in [2.05, 4.69) is 5.32 Å². The molecule has 0 aromatic heterocycles. The van der Waals surface area contributed by atoms with Crippen molar-refractivity contribution < 1.29 is 9.53 Å². The topological polar surface area (TPSA) is 38.3 Å². The van der Waals surface area contributed by atoms with Crippen LogP contribution in [0.15, 0.2) is 42.5 Å². The number of hydrogen-bond donors (Lipinski definition) is 1. The first-order valence-electron chi connectivity index (χ1n) is 5.98. The summed E-state index contributed by atoms with van der Waals surface area (Å²) < 4.78 is 5.34. The Bertz CT molecular complexity index is 654. The largest absolute Gasteiger partial charge is 0.434 e. The molecule has 3 rings (SSSR count). The van der Waals surface area contributed by atoms with Gasteiger partial charge in [0.05, 0.1) is 5.56 Å². The molecule has 1 N–H and O–H groups in total. The minimum absolute atomic E-state index is 0.298. The Hall–Kier alpha value is -2.00. The first kappa shape index (κ1) is 12.1. The van der Waals surface area contributed by atoms with Gasteiger partial charge in [-0.05, 0) is 30.7 Å². The van der Waals surface area contributed by atoms with Gasteiger partial charge in [0.25, 0.3) is 0 Å². The van der Waals surface area contributed by atoms with Crippen molar-refractivity contribution in [3.8, 4) is 0 Å². The number of benzene rings is 2. The molecule has 2 aromatic carbocycles. The highest BCUT2D eigenvalue weighted by Crippen LogP contribution is 2.32. The summed E-state index contributed by atoms with van der Waals surface area (Å²) in [7, 11) is 0. The molecular weight excluding hydrogens is 262 g/mol. The SMILES string of the molecule is Cc1ccc(Cl)cc1N[C@H]1OC(=O)c2ccccc21. The van der Waals surface area contributed by atoms with E-state index in [1.165, 1.54) is 0 Å². The molecule has 1 atom stereocenters. The number of cyclic esters (lactones) is 1. The lowest BCUT2D eigenvalue weighted by Crippen LogP contribution is -2.11. The van der Waals surface area contributed by atoms with Crippen molar-refractivity contribution in [1.82, 2.24) is 0 Å². The van der Waals surface area contributed by atoms with Crippen LogP contribution in [0.2, 0.25) is 5.02 Å². The van der Waals surface area contributed by atoms with Crippen LogP contribution in [0.1, 0.15) is 27.7 Å².